The van der Waals surface area contributed by atoms with Gasteiger partial charge in [-0.3, -0.25) is 4.79 Å². The Morgan fingerprint density at radius 3 is 2.67 bits per heavy atom. The summed E-state index contributed by atoms with van der Waals surface area (Å²) in [4.78, 5) is 14.3. The average molecular weight is 326 g/mol. The lowest BCUT2D eigenvalue weighted by Crippen LogP contribution is -2.30. The summed E-state index contributed by atoms with van der Waals surface area (Å²) in [6, 6.07) is 14.0. The van der Waals surface area contributed by atoms with E-state index in [2.05, 4.69) is 0 Å². The molecule has 0 aliphatic carbocycles. The summed E-state index contributed by atoms with van der Waals surface area (Å²) in [6.07, 6.45) is 1.83. The van der Waals surface area contributed by atoms with Crippen LogP contribution in [0.4, 0.5) is 4.39 Å². The molecule has 0 N–H and O–H groups in total. The summed E-state index contributed by atoms with van der Waals surface area (Å²) in [5.41, 5.74) is 1.67. The molecule has 0 spiro atoms. The molecule has 0 fully saturated rings. The monoisotopic (exact) mass is 326 g/mol. The molecule has 0 unspecified atom stereocenters. The number of hydrogen-bond acceptors (Lipinski definition) is 2. The topological polar surface area (TPSA) is 34.5 Å². The van der Waals surface area contributed by atoms with E-state index in [4.69, 9.17) is 4.74 Å². The van der Waals surface area contributed by atoms with Crippen molar-refractivity contribution in [2.45, 2.75) is 0 Å². The smallest absolute Gasteiger partial charge is 0.255 e. The highest BCUT2D eigenvalue weighted by Crippen LogP contribution is 2.21. The Hall–Kier alpha value is -2.82. The van der Waals surface area contributed by atoms with E-state index in [-0.39, 0.29) is 18.3 Å². The number of amides is 1. The van der Waals surface area contributed by atoms with E-state index in [0.29, 0.717) is 12.1 Å². The van der Waals surface area contributed by atoms with Crippen LogP contribution in [0.3, 0.4) is 0 Å². The molecule has 1 amide bonds. The van der Waals surface area contributed by atoms with Gasteiger partial charge in [0.25, 0.3) is 5.91 Å². The lowest BCUT2D eigenvalue weighted by atomic mass is 10.1. The molecule has 124 valence electrons. The first-order valence-electron chi connectivity index (χ1n) is 7.75. The van der Waals surface area contributed by atoms with E-state index in [1.807, 2.05) is 42.1 Å². The molecule has 0 aliphatic rings. The summed E-state index contributed by atoms with van der Waals surface area (Å²) in [6.45, 7) is 0.602. The van der Waals surface area contributed by atoms with Crippen molar-refractivity contribution in [3.05, 3.63) is 66.1 Å². The fraction of sp³-hybridized carbons (Fsp3) is 0.211. The van der Waals surface area contributed by atoms with Crippen LogP contribution in [0.25, 0.3) is 10.9 Å². The highest BCUT2D eigenvalue weighted by atomic mass is 19.1. The van der Waals surface area contributed by atoms with Gasteiger partial charge in [0.15, 0.2) is 11.6 Å². The Morgan fingerprint density at radius 1 is 1.17 bits per heavy atom. The molecular formula is C19H19FN2O2. The first-order valence-corrected chi connectivity index (χ1v) is 7.75. The molecule has 0 atom stereocenters. The zero-order valence-electron chi connectivity index (χ0n) is 13.7. The maximum absolute atomic E-state index is 13.5. The molecule has 0 saturated carbocycles. The molecule has 0 bridgehead atoms. The van der Waals surface area contributed by atoms with E-state index >= 15 is 0 Å². The molecule has 24 heavy (non-hydrogen) atoms. The van der Waals surface area contributed by atoms with Crippen LogP contribution in [0, 0.1) is 5.82 Å². The van der Waals surface area contributed by atoms with Crippen molar-refractivity contribution in [1.82, 2.24) is 9.47 Å². The summed E-state index contributed by atoms with van der Waals surface area (Å²) < 4.78 is 20.9. The molecular weight excluding hydrogens is 307 g/mol. The largest absolute Gasteiger partial charge is 0.489 e. The lowest BCUT2D eigenvalue weighted by Gasteiger charge is -2.17. The third-order valence-corrected chi connectivity index (χ3v) is 3.99. The second-order valence-electron chi connectivity index (χ2n) is 5.68. The van der Waals surface area contributed by atoms with Gasteiger partial charge >= 0.3 is 0 Å². The summed E-state index contributed by atoms with van der Waals surface area (Å²) >= 11 is 0. The van der Waals surface area contributed by atoms with Crippen LogP contribution in [0.15, 0.2) is 54.7 Å². The van der Waals surface area contributed by atoms with Gasteiger partial charge in [0.2, 0.25) is 0 Å². The first-order chi connectivity index (χ1) is 11.6. The number of nitrogens with zero attached hydrogens (tertiary/aromatic N) is 2. The quantitative estimate of drug-likeness (QED) is 0.719. The number of hydrogen-bond donors (Lipinski definition) is 0. The van der Waals surface area contributed by atoms with Gasteiger partial charge in [0, 0.05) is 31.2 Å². The lowest BCUT2D eigenvalue weighted by molar-refractivity contribution is 0.0774. The molecule has 5 heteroatoms. The molecule has 4 nitrogen and oxygen atoms in total. The molecule has 3 aromatic rings. The van der Waals surface area contributed by atoms with Crippen molar-refractivity contribution in [2.75, 3.05) is 20.2 Å². The van der Waals surface area contributed by atoms with Gasteiger partial charge in [-0.15, -0.1) is 0 Å². The van der Waals surface area contributed by atoms with Crippen LogP contribution >= 0.6 is 0 Å². The summed E-state index contributed by atoms with van der Waals surface area (Å²) in [7, 11) is 3.63. The van der Waals surface area contributed by atoms with Crippen LogP contribution in [0.1, 0.15) is 10.4 Å². The molecule has 1 aromatic heterocycles. The maximum atomic E-state index is 13.5. The second kappa shape index (κ2) is 6.74. The second-order valence-corrected chi connectivity index (χ2v) is 5.68. The minimum atomic E-state index is -0.402. The first kappa shape index (κ1) is 16.1. The zero-order chi connectivity index (χ0) is 17.1. The number of benzene rings is 2. The standard InChI is InChI=1S/C19H19FN2O2/c1-21(11-12-24-18-10-6-4-8-16(18)20)19(23)15-13-22(2)17-9-5-3-7-14(15)17/h3-10,13H,11-12H2,1-2H3. The third-order valence-electron chi connectivity index (χ3n) is 3.99. The Morgan fingerprint density at radius 2 is 1.88 bits per heavy atom. The van der Waals surface area contributed by atoms with Gasteiger partial charge in [-0.05, 0) is 18.2 Å². The molecule has 1 heterocycles. The molecule has 0 saturated heterocycles. The van der Waals surface area contributed by atoms with Gasteiger partial charge in [-0.2, -0.15) is 0 Å². The van der Waals surface area contributed by atoms with Crippen LogP contribution in [-0.4, -0.2) is 35.6 Å². The molecule has 2 aromatic carbocycles. The Labute approximate surface area is 140 Å². The average Bonchev–Trinajstić information content (AvgIpc) is 2.93. The van der Waals surface area contributed by atoms with E-state index in [9.17, 15) is 9.18 Å². The third kappa shape index (κ3) is 3.11. The minimum absolute atomic E-state index is 0.0797. The van der Waals surface area contributed by atoms with Crippen molar-refractivity contribution in [3.63, 3.8) is 0 Å². The Kier molecular flexibility index (Phi) is 4.51. The van der Waals surface area contributed by atoms with Crippen LogP contribution in [-0.2, 0) is 7.05 Å². The highest BCUT2D eigenvalue weighted by molar-refractivity contribution is 6.06. The van der Waals surface area contributed by atoms with E-state index in [1.165, 1.54) is 6.07 Å². The number of aryl methyl sites for hydroxylation is 1. The van der Waals surface area contributed by atoms with Gasteiger partial charge in [-0.25, -0.2) is 4.39 Å². The predicted molar refractivity (Wildman–Crippen MR) is 91.8 cm³/mol. The van der Waals surface area contributed by atoms with Gasteiger partial charge in [-0.1, -0.05) is 30.3 Å². The number of likely N-dealkylation sites (N-methyl/N-ethyl adjacent to an activating group) is 1. The van der Waals surface area contributed by atoms with Crippen molar-refractivity contribution < 1.29 is 13.9 Å². The van der Waals surface area contributed by atoms with Crippen LogP contribution in [0.5, 0.6) is 5.75 Å². The van der Waals surface area contributed by atoms with Gasteiger partial charge < -0.3 is 14.2 Å². The van der Waals surface area contributed by atoms with Crippen molar-refractivity contribution in [2.24, 2.45) is 7.05 Å². The number of rotatable bonds is 5. The van der Waals surface area contributed by atoms with Crippen LogP contribution < -0.4 is 4.74 Å². The number of carbonyl (C=O) groups excluding carboxylic acids is 1. The molecule has 0 aliphatic heterocycles. The number of aromatic nitrogens is 1. The SMILES string of the molecule is CN(CCOc1ccccc1F)C(=O)c1cn(C)c2ccccc12. The van der Waals surface area contributed by atoms with Crippen molar-refractivity contribution >= 4 is 16.8 Å². The van der Waals surface area contributed by atoms with Gasteiger partial charge in [0.05, 0.1) is 12.1 Å². The maximum Gasteiger partial charge on any atom is 0.255 e. The zero-order valence-corrected chi connectivity index (χ0v) is 13.7. The number of halogens is 1. The normalized spacial score (nSPS) is 10.8. The number of carbonyl (C=O) groups is 1. The summed E-state index contributed by atoms with van der Waals surface area (Å²) in [5.74, 6) is -0.284. The number of fused-ring (bicyclic) bond motifs is 1. The fourth-order valence-corrected chi connectivity index (χ4v) is 2.67. The number of ether oxygens (including phenoxy) is 1. The molecule has 0 radical (unpaired) electrons. The fourth-order valence-electron chi connectivity index (χ4n) is 2.67. The predicted octanol–water partition coefficient (Wildman–Crippen LogP) is 3.47. The van der Waals surface area contributed by atoms with Crippen molar-refractivity contribution in [1.29, 1.82) is 0 Å². The van der Waals surface area contributed by atoms with E-state index in [1.54, 1.807) is 30.1 Å². The highest BCUT2D eigenvalue weighted by Gasteiger charge is 2.17. The Balaban J connectivity index is 1.67. The minimum Gasteiger partial charge on any atom is -0.489 e. The van der Waals surface area contributed by atoms with E-state index in [0.717, 1.165) is 10.9 Å². The Bertz CT molecular complexity index is 873. The molecule has 3 rings (SSSR count). The number of para-hydroxylation sites is 2. The van der Waals surface area contributed by atoms with Gasteiger partial charge in [0.1, 0.15) is 6.61 Å². The van der Waals surface area contributed by atoms with Crippen molar-refractivity contribution in [3.8, 4) is 5.75 Å². The van der Waals surface area contributed by atoms with Crippen LogP contribution in [0.2, 0.25) is 0 Å². The summed E-state index contributed by atoms with van der Waals surface area (Å²) in [5, 5.41) is 0.923. The van der Waals surface area contributed by atoms with E-state index < -0.39 is 5.82 Å².